The SMILES string of the molecule is Cc1noc(C)c1S(=O)(=O)N1CCCC1C(=O)Nc1ccc(N2CCN(C)CC2)cc1. The van der Waals surface area contributed by atoms with Gasteiger partial charge in [0.05, 0.1) is 0 Å². The van der Waals surface area contributed by atoms with Crippen molar-refractivity contribution in [2.24, 2.45) is 0 Å². The Morgan fingerprint density at radius 3 is 2.39 bits per heavy atom. The third-order valence-corrected chi connectivity index (χ3v) is 8.20. The summed E-state index contributed by atoms with van der Waals surface area (Å²) in [5.74, 6) is -0.0803. The molecule has 1 N–H and O–H groups in total. The summed E-state index contributed by atoms with van der Waals surface area (Å²) in [5.41, 5.74) is 2.09. The van der Waals surface area contributed by atoms with Crippen molar-refractivity contribution in [1.29, 1.82) is 0 Å². The average molecular weight is 448 g/mol. The van der Waals surface area contributed by atoms with Gasteiger partial charge in [-0.1, -0.05) is 5.16 Å². The second kappa shape index (κ2) is 8.60. The maximum absolute atomic E-state index is 13.2. The summed E-state index contributed by atoms with van der Waals surface area (Å²) in [7, 11) is -1.74. The van der Waals surface area contributed by atoms with E-state index in [0.29, 0.717) is 30.8 Å². The molecule has 1 aromatic heterocycles. The average Bonchev–Trinajstić information content (AvgIpc) is 3.37. The molecule has 9 nitrogen and oxygen atoms in total. The summed E-state index contributed by atoms with van der Waals surface area (Å²) in [6.45, 7) is 7.45. The third kappa shape index (κ3) is 4.32. The quantitative estimate of drug-likeness (QED) is 0.747. The molecule has 10 heteroatoms. The number of carbonyl (C=O) groups is 1. The number of aryl methyl sites for hydroxylation is 2. The van der Waals surface area contributed by atoms with E-state index in [-0.39, 0.29) is 16.6 Å². The molecule has 0 radical (unpaired) electrons. The van der Waals surface area contributed by atoms with Crippen LogP contribution >= 0.6 is 0 Å². The Labute approximate surface area is 183 Å². The van der Waals surface area contributed by atoms with Crippen LogP contribution in [0, 0.1) is 13.8 Å². The number of nitrogens with one attached hydrogen (secondary N) is 1. The van der Waals surface area contributed by atoms with Crippen molar-refractivity contribution < 1.29 is 17.7 Å². The Bertz CT molecular complexity index is 1020. The molecule has 0 spiro atoms. The fourth-order valence-electron chi connectivity index (χ4n) is 4.30. The second-order valence-electron chi connectivity index (χ2n) is 8.25. The smallest absolute Gasteiger partial charge is 0.249 e. The minimum Gasteiger partial charge on any atom is -0.369 e. The molecule has 0 aliphatic carbocycles. The number of hydrogen-bond acceptors (Lipinski definition) is 7. The van der Waals surface area contributed by atoms with E-state index >= 15 is 0 Å². The van der Waals surface area contributed by atoms with E-state index in [2.05, 4.69) is 27.3 Å². The standard InChI is InChI=1S/C21H29N5O4S/c1-15-20(16(2)30-23-15)31(28,29)26-10-4-5-19(26)21(27)22-17-6-8-18(9-7-17)25-13-11-24(3)12-14-25/h6-9,19H,4-5,10-14H2,1-3H3,(H,22,27). The van der Waals surface area contributed by atoms with E-state index in [0.717, 1.165) is 31.9 Å². The van der Waals surface area contributed by atoms with Gasteiger partial charge in [0, 0.05) is 44.1 Å². The van der Waals surface area contributed by atoms with Crippen LogP contribution in [0.25, 0.3) is 0 Å². The van der Waals surface area contributed by atoms with Gasteiger partial charge in [0.2, 0.25) is 15.9 Å². The number of carbonyl (C=O) groups excluding carboxylic acids is 1. The van der Waals surface area contributed by atoms with Crippen molar-refractivity contribution in [2.45, 2.75) is 37.6 Å². The highest BCUT2D eigenvalue weighted by atomic mass is 32.2. The fraction of sp³-hybridized carbons (Fsp3) is 0.524. The van der Waals surface area contributed by atoms with Crippen LogP contribution < -0.4 is 10.2 Å². The minimum atomic E-state index is -3.86. The number of rotatable bonds is 5. The molecule has 2 fully saturated rings. The zero-order valence-corrected chi connectivity index (χ0v) is 19.0. The zero-order valence-electron chi connectivity index (χ0n) is 18.2. The normalized spacial score (nSPS) is 20.9. The van der Waals surface area contributed by atoms with Crippen molar-refractivity contribution in [3.05, 3.63) is 35.7 Å². The van der Waals surface area contributed by atoms with Crippen LogP contribution in [-0.2, 0) is 14.8 Å². The van der Waals surface area contributed by atoms with Crippen LogP contribution in [0.2, 0.25) is 0 Å². The maximum Gasteiger partial charge on any atom is 0.249 e. The lowest BCUT2D eigenvalue weighted by molar-refractivity contribution is -0.119. The number of sulfonamides is 1. The van der Waals surface area contributed by atoms with E-state index in [9.17, 15) is 13.2 Å². The van der Waals surface area contributed by atoms with Gasteiger partial charge >= 0.3 is 0 Å². The van der Waals surface area contributed by atoms with Gasteiger partial charge < -0.3 is 19.6 Å². The zero-order chi connectivity index (χ0) is 22.2. The monoisotopic (exact) mass is 447 g/mol. The summed E-state index contributed by atoms with van der Waals surface area (Å²) >= 11 is 0. The number of aromatic nitrogens is 1. The molecule has 2 aliphatic heterocycles. The van der Waals surface area contributed by atoms with Crippen molar-refractivity contribution in [3.63, 3.8) is 0 Å². The lowest BCUT2D eigenvalue weighted by Gasteiger charge is -2.34. The number of anilines is 2. The molecule has 3 heterocycles. The number of benzene rings is 1. The summed E-state index contributed by atoms with van der Waals surface area (Å²) in [4.78, 5) is 17.6. The predicted octanol–water partition coefficient (Wildman–Crippen LogP) is 1.84. The van der Waals surface area contributed by atoms with Crippen molar-refractivity contribution in [1.82, 2.24) is 14.4 Å². The highest BCUT2D eigenvalue weighted by molar-refractivity contribution is 7.89. The summed E-state index contributed by atoms with van der Waals surface area (Å²) in [6.07, 6.45) is 1.11. The van der Waals surface area contributed by atoms with Gasteiger partial charge in [0.15, 0.2) is 5.76 Å². The molecule has 1 unspecified atom stereocenters. The molecule has 1 aromatic carbocycles. The molecule has 2 aromatic rings. The molecule has 2 saturated heterocycles. The van der Waals surface area contributed by atoms with Crippen molar-refractivity contribution in [3.8, 4) is 0 Å². The lowest BCUT2D eigenvalue weighted by atomic mass is 10.2. The fourth-order valence-corrected chi connectivity index (χ4v) is 6.25. The number of nitrogens with zero attached hydrogens (tertiary/aromatic N) is 4. The Hall–Kier alpha value is -2.43. The van der Waals surface area contributed by atoms with Gasteiger partial charge in [-0.25, -0.2) is 8.42 Å². The highest BCUT2D eigenvalue weighted by Crippen LogP contribution is 2.30. The first-order valence-electron chi connectivity index (χ1n) is 10.6. The Morgan fingerprint density at radius 1 is 1.10 bits per heavy atom. The highest BCUT2D eigenvalue weighted by Gasteiger charge is 2.41. The molecular formula is C21H29N5O4S. The number of likely N-dealkylation sites (N-methyl/N-ethyl adjacent to an activating group) is 1. The second-order valence-corrected chi connectivity index (χ2v) is 10.1. The molecule has 1 amide bonds. The predicted molar refractivity (Wildman–Crippen MR) is 118 cm³/mol. The lowest BCUT2D eigenvalue weighted by Crippen LogP contribution is -2.44. The van der Waals surface area contributed by atoms with Crippen LogP contribution in [-0.4, -0.2) is 74.5 Å². The maximum atomic E-state index is 13.2. The molecule has 2 aliphatic rings. The Balaban J connectivity index is 1.45. The Morgan fingerprint density at radius 2 is 1.77 bits per heavy atom. The first-order valence-corrected chi connectivity index (χ1v) is 12.0. The number of amides is 1. The molecule has 0 saturated carbocycles. The van der Waals surface area contributed by atoms with E-state index in [4.69, 9.17) is 4.52 Å². The van der Waals surface area contributed by atoms with Crippen LogP contribution in [0.15, 0.2) is 33.7 Å². The van der Waals surface area contributed by atoms with Crippen molar-refractivity contribution in [2.75, 3.05) is 50.0 Å². The molecule has 168 valence electrons. The first kappa shape index (κ1) is 21.8. The molecule has 0 bridgehead atoms. The van der Waals surface area contributed by atoms with Crippen LogP contribution in [0.1, 0.15) is 24.3 Å². The third-order valence-electron chi connectivity index (χ3n) is 6.04. The van der Waals surface area contributed by atoms with E-state index < -0.39 is 16.1 Å². The van der Waals surface area contributed by atoms with Gasteiger partial charge in [0.1, 0.15) is 16.6 Å². The molecular weight excluding hydrogens is 418 g/mol. The summed E-state index contributed by atoms with van der Waals surface area (Å²) in [5, 5.41) is 6.64. The first-order chi connectivity index (χ1) is 14.8. The summed E-state index contributed by atoms with van der Waals surface area (Å²) < 4.78 is 32.7. The topological polar surface area (TPSA) is 99.0 Å². The molecule has 1 atom stereocenters. The van der Waals surface area contributed by atoms with Gasteiger partial charge in [-0.15, -0.1) is 0 Å². The summed E-state index contributed by atoms with van der Waals surface area (Å²) in [6, 6.07) is 6.97. The largest absolute Gasteiger partial charge is 0.369 e. The van der Waals surface area contributed by atoms with E-state index in [1.807, 2.05) is 24.3 Å². The van der Waals surface area contributed by atoms with Crippen LogP contribution in [0.3, 0.4) is 0 Å². The Kier molecular flexibility index (Phi) is 6.05. The molecule has 31 heavy (non-hydrogen) atoms. The van der Waals surface area contributed by atoms with Gasteiger partial charge in [0.25, 0.3) is 0 Å². The number of hydrogen-bond donors (Lipinski definition) is 1. The molecule has 4 rings (SSSR count). The van der Waals surface area contributed by atoms with Gasteiger partial charge in [-0.2, -0.15) is 4.31 Å². The van der Waals surface area contributed by atoms with E-state index in [1.165, 1.54) is 4.31 Å². The van der Waals surface area contributed by atoms with Gasteiger partial charge in [-0.3, -0.25) is 4.79 Å². The minimum absolute atomic E-state index is 0.0590. The van der Waals surface area contributed by atoms with Crippen LogP contribution in [0.4, 0.5) is 11.4 Å². The number of piperazine rings is 1. The van der Waals surface area contributed by atoms with Gasteiger partial charge in [-0.05, 0) is 58.0 Å². The van der Waals surface area contributed by atoms with Crippen molar-refractivity contribution >= 4 is 27.3 Å². The van der Waals surface area contributed by atoms with E-state index in [1.54, 1.807) is 13.8 Å². The van der Waals surface area contributed by atoms with Crippen LogP contribution in [0.5, 0.6) is 0 Å².